The van der Waals surface area contributed by atoms with Gasteiger partial charge in [-0.2, -0.15) is 0 Å². The molecule has 0 spiro atoms. The predicted molar refractivity (Wildman–Crippen MR) is 72.0 cm³/mol. The van der Waals surface area contributed by atoms with E-state index in [1.807, 2.05) is 0 Å². The van der Waals surface area contributed by atoms with Gasteiger partial charge in [-0.3, -0.25) is 4.79 Å². The monoisotopic (exact) mass is 281 g/mol. The molecule has 112 valence electrons. The lowest BCUT2D eigenvalue weighted by Crippen LogP contribution is -2.57. The molecule has 1 unspecified atom stereocenters. The quantitative estimate of drug-likeness (QED) is 0.799. The number of carbonyl (C=O) groups excluding carboxylic acids is 1. The van der Waals surface area contributed by atoms with Crippen LogP contribution in [0.1, 0.15) is 38.5 Å². The molecule has 0 aromatic rings. The zero-order valence-electron chi connectivity index (χ0n) is 11.9. The van der Waals surface area contributed by atoms with E-state index in [9.17, 15) is 9.59 Å². The summed E-state index contributed by atoms with van der Waals surface area (Å²) in [7, 11) is 1.45. The van der Waals surface area contributed by atoms with Crippen molar-refractivity contribution in [3.05, 3.63) is 0 Å². The first-order valence-corrected chi connectivity index (χ1v) is 7.55. The highest BCUT2D eigenvalue weighted by Gasteiger charge is 2.54. The molecule has 0 radical (unpaired) electrons. The summed E-state index contributed by atoms with van der Waals surface area (Å²) in [5.74, 6) is 0.957. The summed E-state index contributed by atoms with van der Waals surface area (Å²) in [6.45, 7) is 0.0213. The highest BCUT2D eigenvalue weighted by atomic mass is 16.5. The Balaban J connectivity index is 1.71. The van der Waals surface area contributed by atoms with Gasteiger partial charge in [-0.05, 0) is 56.3 Å². The fraction of sp³-hybridized carbons (Fsp3) is 0.867. The van der Waals surface area contributed by atoms with Gasteiger partial charge in [0.25, 0.3) is 0 Å². The number of hydrogen-bond acceptors (Lipinski definition) is 3. The van der Waals surface area contributed by atoms with Crippen LogP contribution in [0.25, 0.3) is 0 Å². The van der Waals surface area contributed by atoms with Crippen LogP contribution in [-0.4, -0.2) is 36.7 Å². The van der Waals surface area contributed by atoms with Crippen molar-refractivity contribution in [1.29, 1.82) is 0 Å². The molecule has 1 amide bonds. The summed E-state index contributed by atoms with van der Waals surface area (Å²) in [6.07, 6.45) is 6.66. The third-order valence-corrected chi connectivity index (χ3v) is 5.46. The van der Waals surface area contributed by atoms with Crippen molar-refractivity contribution >= 4 is 11.9 Å². The van der Waals surface area contributed by atoms with Crippen molar-refractivity contribution in [2.45, 2.75) is 44.6 Å². The molecule has 0 aliphatic heterocycles. The molecule has 2 N–H and O–H groups in total. The summed E-state index contributed by atoms with van der Waals surface area (Å²) in [5, 5.41) is 11.9. The minimum Gasteiger partial charge on any atom is -0.480 e. The molecule has 4 bridgehead atoms. The van der Waals surface area contributed by atoms with Crippen molar-refractivity contribution in [3.63, 3.8) is 0 Å². The first-order chi connectivity index (χ1) is 9.52. The average molecular weight is 281 g/mol. The summed E-state index contributed by atoms with van der Waals surface area (Å²) in [5.41, 5.74) is -0.295. The number of nitrogens with one attached hydrogen (secondary N) is 1. The van der Waals surface area contributed by atoms with Crippen LogP contribution in [0.5, 0.6) is 0 Å². The molecule has 0 aromatic heterocycles. The van der Waals surface area contributed by atoms with Gasteiger partial charge >= 0.3 is 5.97 Å². The van der Waals surface area contributed by atoms with Gasteiger partial charge in [0, 0.05) is 12.5 Å². The molecule has 4 fully saturated rings. The molecule has 0 saturated heterocycles. The largest absolute Gasteiger partial charge is 0.480 e. The Kier molecular flexibility index (Phi) is 3.48. The Labute approximate surface area is 119 Å². The second-order valence-electron chi connectivity index (χ2n) is 7.02. The SMILES string of the molecule is COCC(NC(=O)C12CC3CC(CC(C3)C1)C2)C(=O)O. The summed E-state index contributed by atoms with van der Waals surface area (Å²) in [4.78, 5) is 23.8. The highest BCUT2D eigenvalue weighted by Crippen LogP contribution is 2.60. The number of hydrogen-bond donors (Lipinski definition) is 2. The number of carboxylic acid groups (broad SMARTS) is 1. The van der Waals surface area contributed by atoms with Crippen LogP contribution in [0.4, 0.5) is 0 Å². The third kappa shape index (κ3) is 2.32. The van der Waals surface area contributed by atoms with E-state index in [0.29, 0.717) is 17.8 Å². The van der Waals surface area contributed by atoms with Crippen molar-refractivity contribution in [2.75, 3.05) is 13.7 Å². The normalized spacial score (nSPS) is 39.5. The molecule has 4 saturated carbocycles. The fourth-order valence-electron chi connectivity index (χ4n) is 5.04. The van der Waals surface area contributed by atoms with E-state index in [2.05, 4.69) is 5.32 Å². The maximum atomic E-state index is 12.7. The first-order valence-electron chi connectivity index (χ1n) is 7.55. The molecular weight excluding hydrogens is 258 g/mol. The maximum Gasteiger partial charge on any atom is 0.328 e. The maximum absolute atomic E-state index is 12.7. The van der Waals surface area contributed by atoms with Gasteiger partial charge in [0.15, 0.2) is 6.04 Å². The predicted octanol–water partition coefficient (Wildman–Crippen LogP) is 1.42. The summed E-state index contributed by atoms with van der Waals surface area (Å²) in [6, 6.07) is -0.930. The topological polar surface area (TPSA) is 75.6 Å². The van der Waals surface area contributed by atoms with Crippen LogP contribution >= 0.6 is 0 Å². The van der Waals surface area contributed by atoms with Gasteiger partial charge in [-0.1, -0.05) is 0 Å². The van der Waals surface area contributed by atoms with E-state index < -0.39 is 12.0 Å². The third-order valence-electron chi connectivity index (χ3n) is 5.46. The van der Waals surface area contributed by atoms with Crippen LogP contribution in [-0.2, 0) is 14.3 Å². The lowest BCUT2D eigenvalue weighted by Gasteiger charge is -2.55. The van der Waals surface area contributed by atoms with E-state index in [1.165, 1.54) is 26.4 Å². The molecule has 0 aromatic carbocycles. The minimum absolute atomic E-state index is 0.0213. The summed E-state index contributed by atoms with van der Waals surface area (Å²) < 4.78 is 4.89. The Hall–Kier alpha value is -1.10. The number of methoxy groups -OCH3 is 1. The van der Waals surface area contributed by atoms with Crippen LogP contribution < -0.4 is 5.32 Å². The highest BCUT2D eigenvalue weighted by molar-refractivity contribution is 5.88. The standard InChI is InChI=1S/C15H23NO4/c1-20-8-12(13(17)18)16-14(19)15-5-9-2-10(6-15)4-11(3-9)7-15/h9-12H,2-8H2,1H3,(H,16,19)(H,17,18). The molecule has 0 heterocycles. The molecule has 5 nitrogen and oxygen atoms in total. The van der Waals surface area contributed by atoms with Gasteiger partial charge < -0.3 is 15.2 Å². The van der Waals surface area contributed by atoms with Crippen molar-refractivity contribution in [1.82, 2.24) is 5.32 Å². The van der Waals surface area contributed by atoms with Gasteiger partial charge in [0.05, 0.1) is 6.61 Å². The van der Waals surface area contributed by atoms with Crippen molar-refractivity contribution in [3.8, 4) is 0 Å². The van der Waals surface area contributed by atoms with Crippen molar-refractivity contribution < 1.29 is 19.4 Å². The molecule has 4 rings (SSSR count). The van der Waals surface area contributed by atoms with E-state index in [0.717, 1.165) is 19.3 Å². The number of rotatable bonds is 5. The number of carbonyl (C=O) groups is 2. The van der Waals surface area contributed by atoms with Crippen LogP contribution in [0.3, 0.4) is 0 Å². The lowest BCUT2D eigenvalue weighted by atomic mass is 9.49. The molecule has 5 heteroatoms. The fourth-order valence-corrected chi connectivity index (χ4v) is 5.04. The van der Waals surface area contributed by atoms with E-state index in [-0.39, 0.29) is 17.9 Å². The molecule has 4 aliphatic carbocycles. The van der Waals surface area contributed by atoms with Crippen LogP contribution in [0.15, 0.2) is 0 Å². The Morgan fingerprint density at radius 1 is 1.20 bits per heavy atom. The Bertz CT molecular complexity index is 385. The number of carboxylic acids is 1. The zero-order chi connectivity index (χ0) is 14.3. The lowest BCUT2D eigenvalue weighted by molar-refractivity contribution is -0.152. The van der Waals surface area contributed by atoms with E-state index >= 15 is 0 Å². The average Bonchev–Trinajstić information content (AvgIpc) is 2.36. The number of amides is 1. The van der Waals surface area contributed by atoms with E-state index in [4.69, 9.17) is 9.84 Å². The second kappa shape index (κ2) is 5.02. The molecule has 1 atom stereocenters. The van der Waals surface area contributed by atoms with Gasteiger partial charge in [-0.15, -0.1) is 0 Å². The second-order valence-corrected chi connectivity index (χ2v) is 7.02. The Morgan fingerprint density at radius 3 is 2.10 bits per heavy atom. The molecule has 20 heavy (non-hydrogen) atoms. The summed E-state index contributed by atoms with van der Waals surface area (Å²) >= 11 is 0. The first kappa shape index (κ1) is 13.9. The number of ether oxygens (including phenoxy) is 1. The zero-order valence-corrected chi connectivity index (χ0v) is 11.9. The van der Waals surface area contributed by atoms with Crippen LogP contribution in [0, 0.1) is 23.2 Å². The molecule has 4 aliphatic rings. The molecular formula is C15H23NO4. The van der Waals surface area contributed by atoms with Crippen molar-refractivity contribution in [2.24, 2.45) is 23.2 Å². The Morgan fingerprint density at radius 2 is 1.70 bits per heavy atom. The number of aliphatic carboxylic acids is 1. The smallest absolute Gasteiger partial charge is 0.328 e. The van der Waals surface area contributed by atoms with Gasteiger partial charge in [-0.25, -0.2) is 4.79 Å². The van der Waals surface area contributed by atoms with Gasteiger partial charge in [0.1, 0.15) is 0 Å². The van der Waals surface area contributed by atoms with Crippen LogP contribution in [0.2, 0.25) is 0 Å². The van der Waals surface area contributed by atoms with E-state index in [1.54, 1.807) is 0 Å². The minimum atomic E-state index is -1.02. The van der Waals surface area contributed by atoms with Gasteiger partial charge in [0.2, 0.25) is 5.91 Å².